The predicted octanol–water partition coefficient (Wildman–Crippen LogP) is 3.30. The summed E-state index contributed by atoms with van der Waals surface area (Å²) in [6.45, 7) is 4.32. The maximum Gasteiger partial charge on any atom is 0.288 e. The Hall–Kier alpha value is -3.33. The number of rotatable bonds is 3. The van der Waals surface area contributed by atoms with E-state index in [-0.39, 0.29) is 11.6 Å². The average molecular weight is 391 g/mol. The summed E-state index contributed by atoms with van der Waals surface area (Å²) in [5.41, 5.74) is 3.86. The monoisotopic (exact) mass is 391 g/mol. The summed E-state index contributed by atoms with van der Waals surface area (Å²) in [6, 6.07) is 12.0. The summed E-state index contributed by atoms with van der Waals surface area (Å²) >= 11 is 1.57. The van der Waals surface area contributed by atoms with Gasteiger partial charge in [-0.1, -0.05) is 49.3 Å². The molecule has 140 valence electrons. The Morgan fingerprint density at radius 2 is 2.00 bits per heavy atom. The average Bonchev–Trinajstić information content (AvgIpc) is 3.39. The zero-order valence-electron chi connectivity index (χ0n) is 15.2. The topological polar surface area (TPSA) is 101 Å². The first-order valence-electron chi connectivity index (χ1n) is 8.94. The summed E-state index contributed by atoms with van der Waals surface area (Å²) in [5.74, 6) is 0.864. The molecule has 1 unspecified atom stereocenters. The van der Waals surface area contributed by atoms with E-state index in [1.54, 1.807) is 16.0 Å². The van der Waals surface area contributed by atoms with Gasteiger partial charge in [0.15, 0.2) is 0 Å². The first-order chi connectivity index (χ1) is 13.6. The van der Waals surface area contributed by atoms with Crippen molar-refractivity contribution in [1.82, 2.24) is 30.4 Å². The molecule has 8 nitrogen and oxygen atoms in total. The highest BCUT2D eigenvalue weighted by molar-refractivity contribution is 7.13. The van der Waals surface area contributed by atoms with E-state index < -0.39 is 0 Å². The van der Waals surface area contributed by atoms with Crippen LogP contribution >= 0.6 is 11.3 Å². The summed E-state index contributed by atoms with van der Waals surface area (Å²) in [4.78, 5) is 13.5. The number of hydrogen-bond acceptors (Lipinski definition) is 7. The third-order valence-electron chi connectivity index (χ3n) is 4.94. The van der Waals surface area contributed by atoms with Crippen molar-refractivity contribution in [1.29, 1.82) is 0 Å². The Bertz CT molecular complexity index is 1190. The molecule has 4 aromatic rings. The maximum atomic E-state index is 12.6. The van der Waals surface area contributed by atoms with Gasteiger partial charge in [-0.15, -0.1) is 11.3 Å². The minimum absolute atomic E-state index is 0.298. The molecule has 0 radical (unpaired) electrons. The van der Waals surface area contributed by atoms with Crippen molar-refractivity contribution in [2.24, 2.45) is 0 Å². The van der Waals surface area contributed by atoms with Crippen LogP contribution in [0.3, 0.4) is 0 Å². The molecular weight excluding hydrogens is 374 g/mol. The van der Waals surface area contributed by atoms with Crippen LogP contribution in [0.1, 0.15) is 42.5 Å². The Morgan fingerprint density at radius 3 is 2.71 bits per heavy atom. The van der Waals surface area contributed by atoms with Crippen LogP contribution in [0.4, 0.5) is 11.6 Å². The third-order valence-corrected chi connectivity index (χ3v) is 5.82. The van der Waals surface area contributed by atoms with Crippen LogP contribution < -0.4 is 10.9 Å². The standard InChI is InChI=1S/C19H17N7OS/c1-10(2)11-5-7-12(8-6-11)17-14-15(13-4-3-9-28-13)21-22-18(27)16(14)20-19-23-24-25-26(17)19/h3-10,17H,1-2H3,(H,22,27)(H,20,23,25). The van der Waals surface area contributed by atoms with Crippen LogP contribution in [0.25, 0.3) is 10.6 Å². The van der Waals surface area contributed by atoms with E-state index >= 15 is 0 Å². The minimum atomic E-state index is -0.352. The molecule has 1 aromatic carbocycles. The molecule has 0 fully saturated rings. The lowest BCUT2D eigenvalue weighted by atomic mass is 9.92. The van der Waals surface area contributed by atoms with Crippen LogP contribution in [-0.4, -0.2) is 30.4 Å². The Labute approximate surface area is 164 Å². The van der Waals surface area contributed by atoms with E-state index in [9.17, 15) is 4.79 Å². The van der Waals surface area contributed by atoms with Crippen LogP contribution in [0, 0.1) is 0 Å². The predicted molar refractivity (Wildman–Crippen MR) is 107 cm³/mol. The van der Waals surface area contributed by atoms with Gasteiger partial charge >= 0.3 is 0 Å². The number of fused-ring (bicyclic) bond motifs is 2. The van der Waals surface area contributed by atoms with Crippen molar-refractivity contribution >= 4 is 23.0 Å². The fourth-order valence-corrected chi connectivity index (χ4v) is 4.24. The molecule has 1 aliphatic rings. The number of aromatic nitrogens is 6. The summed E-state index contributed by atoms with van der Waals surface area (Å²) in [5, 5.41) is 24.0. The first-order valence-corrected chi connectivity index (χ1v) is 9.82. The number of nitrogens with zero attached hydrogens (tertiary/aromatic N) is 5. The zero-order valence-corrected chi connectivity index (χ0v) is 16.1. The lowest BCUT2D eigenvalue weighted by molar-refractivity contribution is 0.567. The number of H-pyrrole nitrogens is 1. The Balaban J connectivity index is 1.77. The summed E-state index contributed by atoms with van der Waals surface area (Å²) in [6.07, 6.45) is 0. The minimum Gasteiger partial charge on any atom is -0.318 e. The SMILES string of the molecule is CC(C)c1ccc(C2c3c(-c4cccs4)n[nH]c(=O)c3Nc3nnnn32)cc1. The number of nitrogens with one attached hydrogen (secondary N) is 2. The van der Waals surface area contributed by atoms with Crippen LogP contribution in [-0.2, 0) is 0 Å². The van der Waals surface area contributed by atoms with Gasteiger partial charge in [0.05, 0.1) is 4.88 Å². The second-order valence-electron chi connectivity index (χ2n) is 6.96. The molecule has 2 N–H and O–H groups in total. The van der Waals surface area contributed by atoms with Gasteiger partial charge < -0.3 is 5.32 Å². The van der Waals surface area contributed by atoms with Gasteiger partial charge in [-0.3, -0.25) is 4.79 Å². The van der Waals surface area contributed by atoms with E-state index in [0.717, 1.165) is 21.7 Å². The molecule has 0 bridgehead atoms. The van der Waals surface area contributed by atoms with Crippen molar-refractivity contribution in [3.8, 4) is 10.6 Å². The van der Waals surface area contributed by atoms with E-state index in [0.29, 0.717) is 17.6 Å². The Morgan fingerprint density at radius 1 is 1.18 bits per heavy atom. The summed E-state index contributed by atoms with van der Waals surface area (Å²) < 4.78 is 1.70. The van der Waals surface area contributed by atoms with Gasteiger partial charge in [-0.2, -0.15) is 9.78 Å². The normalized spacial score (nSPS) is 15.2. The second-order valence-corrected chi connectivity index (χ2v) is 7.91. The first kappa shape index (κ1) is 16.8. The fourth-order valence-electron chi connectivity index (χ4n) is 3.51. The number of thiophene rings is 1. The van der Waals surface area contributed by atoms with Gasteiger partial charge in [-0.05, 0) is 38.9 Å². The highest BCUT2D eigenvalue weighted by Gasteiger charge is 2.34. The lowest BCUT2D eigenvalue weighted by Crippen LogP contribution is -2.29. The molecule has 5 rings (SSSR count). The number of benzene rings is 1. The highest BCUT2D eigenvalue weighted by atomic mass is 32.1. The highest BCUT2D eigenvalue weighted by Crippen LogP contribution is 2.42. The van der Waals surface area contributed by atoms with Gasteiger partial charge in [-0.25, -0.2) is 5.10 Å². The van der Waals surface area contributed by atoms with Crippen LogP contribution in [0.2, 0.25) is 0 Å². The Kier molecular flexibility index (Phi) is 3.83. The number of hydrogen-bond donors (Lipinski definition) is 2. The van der Waals surface area contributed by atoms with Crippen LogP contribution in [0.15, 0.2) is 46.6 Å². The van der Waals surface area contributed by atoms with Crippen molar-refractivity contribution in [2.75, 3.05) is 5.32 Å². The van der Waals surface area contributed by atoms with Crippen LogP contribution in [0.5, 0.6) is 0 Å². The quantitative estimate of drug-likeness (QED) is 0.489. The smallest absolute Gasteiger partial charge is 0.288 e. The van der Waals surface area contributed by atoms with Gasteiger partial charge in [0.1, 0.15) is 17.4 Å². The number of anilines is 2. The zero-order chi connectivity index (χ0) is 19.3. The molecule has 0 aliphatic carbocycles. The third kappa shape index (κ3) is 2.55. The molecule has 9 heteroatoms. The van der Waals surface area contributed by atoms with E-state index in [1.807, 2.05) is 17.5 Å². The second kappa shape index (κ2) is 6.38. The number of tetrazole rings is 1. The van der Waals surface area contributed by atoms with Crippen molar-refractivity contribution < 1.29 is 0 Å². The van der Waals surface area contributed by atoms with Gasteiger partial charge in [0.25, 0.3) is 5.56 Å². The molecule has 3 aromatic heterocycles. The van der Waals surface area contributed by atoms with E-state index in [1.165, 1.54) is 5.56 Å². The molecule has 0 saturated carbocycles. The number of aromatic amines is 1. The van der Waals surface area contributed by atoms with Crippen molar-refractivity contribution in [2.45, 2.75) is 25.8 Å². The summed E-state index contributed by atoms with van der Waals surface area (Å²) in [7, 11) is 0. The van der Waals surface area contributed by atoms with E-state index in [2.05, 4.69) is 69.2 Å². The molecule has 0 spiro atoms. The maximum absolute atomic E-state index is 12.6. The lowest BCUT2D eigenvalue weighted by Gasteiger charge is -2.27. The van der Waals surface area contributed by atoms with E-state index in [4.69, 9.17) is 0 Å². The van der Waals surface area contributed by atoms with Gasteiger partial charge in [0, 0.05) is 5.56 Å². The van der Waals surface area contributed by atoms with Crippen molar-refractivity contribution in [3.05, 3.63) is 68.8 Å². The molecule has 0 saturated heterocycles. The molecular formula is C19H17N7OS. The molecule has 1 aliphatic heterocycles. The molecule has 0 amide bonds. The fraction of sp³-hybridized carbons (Fsp3) is 0.211. The van der Waals surface area contributed by atoms with Crippen molar-refractivity contribution in [3.63, 3.8) is 0 Å². The van der Waals surface area contributed by atoms with Gasteiger partial charge in [0.2, 0.25) is 5.95 Å². The molecule has 28 heavy (non-hydrogen) atoms. The molecule has 4 heterocycles. The molecule has 1 atom stereocenters. The largest absolute Gasteiger partial charge is 0.318 e.